The third-order valence-corrected chi connectivity index (χ3v) is 9.32. The van der Waals surface area contributed by atoms with E-state index in [9.17, 15) is 0 Å². The number of amidine groups is 2. The maximum atomic E-state index is 6.51. The van der Waals surface area contributed by atoms with Crippen LogP contribution in [0.15, 0.2) is 170 Å². The smallest absolute Gasteiger partial charge is 0.159 e. The summed E-state index contributed by atoms with van der Waals surface area (Å²) in [7, 11) is 0. The average Bonchev–Trinajstić information content (AvgIpc) is 3.73. The van der Waals surface area contributed by atoms with Crippen LogP contribution in [0.1, 0.15) is 22.9 Å². The van der Waals surface area contributed by atoms with Crippen molar-refractivity contribution in [2.24, 2.45) is 9.98 Å². The van der Waals surface area contributed by atoms with E-state index in [0.717, 1.165) is 88.3 Å². The van der Waals surface area contributed by atoms with Gasteiger partial charge in [-0.15, -0.1) is 0 Å². The molecule has 48 heavy (non-hydrogen) atoms. The van der Waals surface area contributed by atoms with Crippen molar-refractivity contribution in [2.75, 3.05) is 0 Å². The lowest BCUT2D eigenvalue weighted by Crippen LogP contribution is -2.33. The topological polar surface area (TPSA) is 63.0 Å². The molecule has 2 aromatic heterocycles. The molecular formula is C43H27N3O2. The standard InChI is InChI=1S/C43H27N3O2/c1-2-11-26(12-3-1)41-44-42(28-21-22-39-36(24-28)32-16-7-8-19-37(32)47-39)46-43(45-41)29-23-27-13-4-5-14-30(27)35(25-29)34-18-10-17-33-31-15-6-9-20-38(31)48-40(33)34/h1-25,43H,(H,44,45,46). The molecule has 0 saturated carbocycles. The summed E-state index contributed by atoms with van der Waals surface area (Å²) in [5, 5.41) is 10.3. The van der Waals surface area contributed by atoms with Gasteiger partial charge in [-0.3, -0.25) is 0 Å². The minimum atomic E-state index is -0.386. The molecule has 10 rings (SSSR count). The first-order valence-corrected chi connectivity index (χ1v) is 16.1. The van der Waals surface area contributed by atoms with Crippen molar-refractivity contribution < 1.29 is 8.83 Å². The predicted molar refractivity (Wildman–Crippen MR) is 196 cm³/mol. The lowest BCUT2D eigenvalue weighted by Gasteiger charge is -2.24. The van der Waals surface area contributed by atoms with Crippen LogP contribution in [0.3, 0.4) is 0 Å². The number of aliphatic imine (C=N–C) groups is 2. The molecule has 5 heteroatoms. The summed E-state index contributed by atoms with van der Waals surface area (Å²) in [5.41, 5.74) is 8.59. The maximum absolute atomic E-state index is 6.51. The molecule has 1 N–H and O–H groups in total. The van der Waals surface area contributed by atoms with Gasteiger partial charge in [0.1, 0.15) is 34.3 Å². The van der Waals surface area contributed by atoms with Crippen molar-refractivity contribution in [3.05, 3.63) is 168 Å². The van der Waals surface area contributed by atoms with E-state index in [4.69, 9.17) is 18.8 Å². The van der Waals surface area contributed by atoms with Gasteiger partial charge in [0.05, 0.1) is 0 Å². The Morgan fingerprint density at radius 2 is 1.17 bits per heavy atom. The summed E-state index contributed by atoms with van der Waals surface area (Å²) in [6.07, 6.45) is -0.386. The van der Waals surface area contributed by atoms with E-state index in [1.807, 2.05) is 60.7 Å². The van der Waals surface area contributed by atoms with Gasteiger partial charge in [-0.1, -0.05) is 109 Å². The van der Waals surface area contributed by atoms with Crippen molar-refractivity contribution in [1.29, 1.82) is 0 Å². The number of hydrogen-bond acceptors (Lipinski definition) is 5. The van der Waals surface area contributed by atoms with Crippen molar-refractivity contribution in [3.63, 3.8) is 0 Å². The molecule has 0 bridgehead atoms. The van der Waals surface area contributed by atoms with Crippen molar-refractivity contribution in [3.8, 4) is 11.1 Å². The van der Waals surface area contributed by atoms with E-state index in [1.54, 1.807) is 0 Å². The number of hydrogen-bond donors (Lipinski definition) is 1. The summed E-state index contributed by atoms with van der Waals surface area (Å²) >= 11 is 0. The van der Waals surface area contributed by atoms with Gasteiger partial charge in [-0.2, -0.15) is 0 Å². The second-order valence-electron chi connectivity index (χ2n) is 12.2. The monoisotopic (exact) mass is 617 g/mol. The molecule has 0 aliphatic carbocycles. The molecule has 0 saturated heterocycles. The number of furan rings is 2. The highest BCUT2D eigenvalue weighted by Crippen LogP contribution is 2.40. The molecule has 0 amide bonds. The van der Waals surface area contributed by atoms with Crippen LogP contribution < -0.4 is 5.32 Å². The maximum Gasteiger partial charge on any atom is 0.159 e. The van der Waals surface area contributed by atoms with Gasteiger partial charge in [-0.25, -0.2) is 9.98 Å². The fourth-order valence-electron chi connectivity index (χ4n) is 7.03. The van der Waals surface area contributed by atoms with Gasteiger partial charge in [-0.05, 0) is 64.4 Å². The largest absolute Gasteiger partial charge is 0.456 e. The molecule has 9 aromatic rings. The van der Waals surface area contributed by atoms with E-state index >= 15 is 0 Å². The van der Waals surface area contributed by atoms with E-state index in [0.29, 0.717) is 5.84 Å². The zero-order valence-corrected chi connectivity index (χ0v) is 25.7. The van der Waals surface area contributed by atoms with E-state index in [2.05, 4.69) is 96.3 Å². The van der Waals surface area contributed by atoms with Crippen molar-refractivity contribution in [1.82, 2.24) is 5.32 Å². The normalized spacial score (nSPS) is 14.9. The Balaban J connectivity index is 1.17. The molecule has 0 fully saturated rings. The predicted octanol–water partition coefficient (Wildman–Crippen LogP) is 10.8. The third kappa shape index (κ3) is 4.25. The summed E-state index contributed by atoms with van der Waals surface area (Å²) in [6.45, 7) is 0. The van der Waals surface area contributed by atoms with Crippen LogP contribution in [0.5, 0.6) is 0 Å². The zero-order valence-electron chi connectivity index (χ0n) is 25.7. The summed E-state index contributed by atoms with van der Waals surface area (Å²) in [5.74, 6) is 1.44. The highest BCUT2D eigenvalue weighted by Gasteiger charge is 2.24. The molecule has 1 aliphatic rings. The Bertz CT molecular complexity index is 2770. The van der Waals surface area contributed by atoms with Crippen LogP contribution in [0, 0.1) is 0 Å². The molecule has 3 heterocycles. The molecule has 1 aliphatic heterocycles. The minimum absolute atomic E-state index is 0.386. The van der Waals surface area contributed by atoms with E-state index in [-0.39, 0.29) is 6.17 Å². The molecule has 1 atom stereocenters. The SMILES string of the molecule is c1ccc(C2=NC(c3ccc4oc5ccccc5c4c3)=NC(c3cc(-c4cccc5c4oc4ccccc45)c4ccccc4c3)N2)cc1. The van der Waals surface area contributed by atoms with Gasteiger partial charge in [0.25, 0.3) is 0 Å². The Hall–Kier alpha value is -6.46. The number of nitrogens with one attached hydrogen (secondary N) is 1. The fourth-order valence-corrected chi connectivity index (χ4v) is 7.03. The summed E-state index contributed by atoms with van der Waals surface area (Å²) in [4.78, 5) is 10.4. The van der Waals surface area contributed by atoms with Crippen LogP contribution in [-0.4, -0.2) is 11.7 Å². The molecule has 7 aromatic carbocycles. The van der Waals surface area contributed by atoms with Gasteiger partial charge < -0.3 is 14.2 Å². The second-order valence-corrected chi connectivity index (χ2v) is 12.2. The lowest BCUT2D eigenvalue weighted by atomic mass is 9.93. The van der Waals surface area contributed by atoms with Gasteiger partial charge in [0, 0.05) is 38.2 Å². The lowest BCUT2D eigenvalue weighted by molar-refractivity contribution is 0.668. The number of fused-ring (bicyclic) bond motifs is 7. The highest BCUT2D eigenvalue weighted by atomic mass is 16.3. The number of benzene rings is 7. The molecule has 5 nitrogen and oxygen atoms in total. The molecule has 1 unspecified atom stereocenters. The average molecular weight is 618 g/mol. The number of para-hydroxylation sites is 3. The quantitative estimate of drug-likeness (QED) is 0.214. The van der Waals surface area contributed by atoms with E-state index in [1.165, 1.54) is 0 Å². The first-order chi connectivity index (χ1) is 23.8. The van der Waals surface area contributed by atoms with Crippen LogP contribution in [0.4, 0.5) is 0 Å². The first kappa shape index (κ1) is 26.7. The Kier molecular flexibility index (Phi) is 5.87. The van der Waals surface area contributed by atoms with Crippen LogP contribution >= 0.6 is 0 Å². The molecular weight excluding hydrogens is 590 g/mol. The van der Waals surface area contributed by atoms with Gasteiger partial charge in [0.15, 0.2) is 5.84 Å². The summed E-state index contributed by atoms with van der Waals surface area (Å²) in [6, 6.07) is 52.2. The van der Waals surface area contributed by atoms with Crippen molar-refractivity contribution in [2.45, 2.75) is 6.17 Å². The second kappa shape index (κ2) is 10.5. The summed E-state index contributed by atoms with van der Waals surface area (Å²) < 4.78 is 12.6. The Morgan fingerprint density at radius 3 is 2.02 bits per heavy atom. The highest BCUT2D eigenvalue weighted by molar-refractivity contribution is 6.16. The number of rotatable bonds is 4. The third-order valence-electron chi connectivity index (χ3n) is 9.32. The van der Waals surface area contributed by atoms with Gasteiger partial charge in [0.2, 0.25) is 0 Å². The first-order valence-electron chi connectivity index (χ1n) is 16.1. The zero-order chi connectivity index (χ0) is 31.6. The van der Waals surface area contributed by atoms with Crippen LogP contribution in [-0.2, 0) is 0 Å². The molecule has 0 radical (unpaired) electrons. The van der Waals surface area contributed by atoms with E-state index < -0.39 is 0 Å². The van der Waals surface area contributed by atoms with Crippen LogP contribution in [0.25, 0.3) is 65.8 Å². The Morgan fingerprint density at radius 1 is 0.479 bits per heavy atom. The van der Waals surface area contributed by atoms with Crippen molar-refractivity contribution >= 4 is 66.3 Å². The Labute approximate surface area is 275 Å². The fraction of sp³-hybridized carbons (Fsp3) is 0.0233. The molecule has 0 spiro atoms. The van der Waals surface area contributed by atoms with Crippen LogP contribution in [0.2, 0.25) is 0 Å². The van der Waals surface area contributed by atoms with Gasteiger partial charge >= 0.3 is 0 Å². The number of nitrogens with zero attached hydrogens (tertiary/aromatic N) is 2. The minimum Gasteiger partial charge on any atom is -0.456 e. The molecule has 226 valence electrons.